The summed E-state index contributed by atoms with van der Waals surface area (Å²) in [5.41, 5.74) is -0.705. The van der Waals surface area contributed by atoms with Crippen molar-refractivity contribution in [2.45, 2.75) is 51.6 Å². The van der Waals surface area contributed by atoms with Crippen molar-refractivity contribution in [2.75, 3.05) is 18.0 Å². The van der Waals surface area contributed by atoms with E-state index in [1.165, 1.54) is 23.1 Å². The van der Waals surface area contributed by atoms with Gasteiger partial charge in [-0.3, -0.25) is 4.90 Å². The second kappa shape index (κ2) is 7.51. The standard InChI is InChI=1S/C17H23F3N2O3/c1-16(2,3)25-15(23)22(12-8-10-21-11-9-12)13-6-4-5-7-14(13)24-17(18,19)20/h4-7,12,21H,8-11H2,1-3H3. The van der Waals surface area contributed by atoms with Gasteiger partial charge in [0.15, 0.2) is 5.75 Å². The van der Waals surface area contributed by atoms with Crippen molar-refractivity contribution >= 4 is 11.8 Å². The van der Waals surface area contributed by atoms with Crippen molar-refractivity contribution < 1.29 is 27.4 Å². The summed E-state index contributed by atoms with van der Waals surface area (Å²) in [7, 11) is 0. The Labute approximate surface area is 145 Å². The van der Waals surface area contributed by atoms with E-state index >= 15 is 0 Å². The number of alkyl halides is 3. The number of anilines is 1. The first-order valence-corrected chi connectivity index (χ1v) is 8.14. The van der Waals surface area contributed by atoms with Crippen molar-refractivity contribution in [3.8, 4) is 5.75 Å². The third kappa shape index (κ3) is 5.81. The molecule has 0 spiro atoms. The first kappa shape index (κ1) is 19.4. The lowest BCUT2D eigenvalue weighted by molar-refractivity contribution is -0.274. The molecule has 1 aromatic carbocycles. The van der Waals surface area contributed by atoms with Gasteiger partial charge in [0.2, 0.25) is 0 Å². The van der Waals surface area contributed by atoms with E-state index in [1.54, 1.807) is 26.8 Å². The van der Waals surface area contributed by atoms with Crippen LogP contribution in [0.15, 0.2) is 24.3 Å². The lowest BCUT2D eigenvalue weighted by atomic mass is 10.0. The maximum atomic E-state index is 12.7. The highest BCUT2D eigenvalue weighted by atomic mass is 19.4. The number of ether oxygens (including phenoxy) is 2. The molecule has 0 saturated carbocycles. The van der Waals surface area contributed by atoms with E-state index < -0.39 is 23.8 Å². The monoisotopic (exact) mass is 360 g/mol. The quantitative estimate of drug-likeness (QED) is 0.883. The molecule has 1 amide bonds. The average molecular weight is 360 g/mol. The molecular weight excluding hydrogens is 337 g/mol. The molecule has 0 aromatic heterocycles. The van der Waals surface area contributed by atoms with E-state index in [4.69, 9.17) is 4.74 Å². The van der Waals surface area contributed by atoms with Gasteiger partial charge in [-0.1, -0.05) is 12.1 Å². The van der Waals surface area contributed by atoms with Crippen LogP contribution in [0.1, 0.15) is 33.6 Å². The molecule has 0 bridgehead atoms. The molecule has 1 fully saturated rings. The van der Waals surface area contributed by atoms with E-state index in [1.807, 2.05) is 0 Å². The fourth-order valence-electron chi connectivity index (χ4n) is 2.69. The maximum absolute atomic E-state index is 12.7. The number of halogens is 3. The Bertz CT molecular complexity index is 594. The number of rotatable bonds is 3. The van der Waals surface area contributed by atoms with Crippen LogP contribution in [0.4, 0.5) is 23.7 Å². The number of nitrogens with zero attached hydrogens (tertiary/aromatic N) is 1. The number of para-hydroxylation sites is 2. The van der Waals surface area contributed by atoms with Crippen LogP contribution in [-0.2, 0) is 4.74 Å². The molecule has 1 N–H and O–H groups in total. The van der Waals surface area contributed by atoms with Crippen LogP contribution in [-0.4, -0.2) is 37.2 Å². The second-order valence-corrected chi connectivity index (χ2v) is 6.85. The number of hydrogen-bond acceptors (Lipinski definition) is 4. The molecule has 0 unspecified atom stereocenters. The predicted octanol–water partition coefficient (Wildman–Crippen LogP) is 4.08. The molecule has 1 heterocycles. The van der Waals surface area contributed by atoms with Crippen LogP contribution in [0, 0.1) is 0 Å². The molecule has 140 valence electrons. The zero-order valence-electron chi connectivity index (χ0n) is 14.5. The van der Waals surface area contributed by atoms with Crippen LogP contribution in [0.2, 0.25) is 0 Å². The maximum Gasteiger partial charge on any atom is 0.573 e. The van der Waals surface area contributed by atoms with Crippen LogP contribution in [0.5, 0.6) is 5.75 Å². The molecular formula is C17H23F3N2O3. The zero-order valence-corrected chi connectivity index (χ0v) is 14.5. The highest BCUT2D eigenvalue weighted by Crippen LogP contribution is 2.36. The number of benzene rings is 1. The summed E-state index contributed by atoms with van der Waals surface area (Å²) in [6.45, 7) is 6.48. The SMILES string of the molecule is CC(C)(C)OC(=O)N(c1ccccc1OC(F)(F)F)C1CCNCC1. The van der Waals surface area contributed by atoms with Crippen molar-refractivity contribution in [2.24, 2.45) is 0 Å². The molecule has 8 heteroatoms. The van der Waals surface area contributed by atoms with E-state index in [0.717, 1.165) is 0 Å². The van der Waals surface area contributed by atoms with Crippen molar-refractivity contribution in [3.05, 3.63) is 24.3 Å². The minimum absolute atomic E-state index is 0.0565. The van der Waals surface area contributed by atoms with Gasteiger partial charge in [-0.25, -0.2) is 4.79 Å². The molecule has 0 aliphatic carbocycles. The van der Waals surface area contributed by atoms with Gasteiger partial charge in [0.1, 0.15) is 5.60 Å². The molecule has 1 saturated heterocycles. The zero-order chi connectivity index (χ0) is 18.7. The Morgan fingerprint density at radius 1 is 1.16 bits per heavy atom. The summed E-state index contributed by atoms with van der Waals surface area (Å²) in [4.78, 5) is 14.0. The lowest BCUT2D eigenvalue weighted by Gasteiger charge is -2.36. The Kier molecular flexibility index (Phi) is 5.82. The Hall–Kier alpha value is -1.96. The fourth-order valence-corrected chi connectivity index (χ4v) is 2.69. The molecule has 25 heavy (non-hydrogen) atoms. The Morgan fingerprint density at radius 2 is 1.76 bits per heavy atom. The van der Waals surface area contributed by atoms with Gasteiger partial charge in [-0.2, -0.15) is 0 Å². The smallest absolute Gasteiger partial charge is 0.443 e. The van der Waals surface area contributed by atoms with Crippen LogP contribution < -0.4 is 15.0 Å². The van der Waals surface area contributed by atoms with Gasteiger partial charge in [-0.05, 0) is 58.8 Å². The number of carbonyl (C=O) groups is 1. The highest BCUT2D eigenvalue weighted by molar-refractivity contribution is 5.90. The highest BCUT2D eigenvalue weighted by Gasteiger charge is 2.36. The van der Waals surface area contributed by atoms with Gasteiger partial charge in [0.25, 0.3) is 0 Å². The van der Waals surface area contributed by atoms with Crippen LogP contribution in [0.3, 0.4) is 0 Å². The summed E-state index contributed by atoms with van der Waals surface area (Å²) in [5, 5.41) is 3.17. The molecule has 0 atom stereocenters. The van der Waals surface area contributed by atoms with E-state index in [0.29, 0.717) is 25.9 Å². The van der Waals surface area contributed by atoms with Gasteiger partial charge >= 0.3 is 12.5 Å². The van der Waals surface area contributed by atoms with Gasteiger partial charge in [-0.15, -0.1) is 13.2 Å². The number of piperidine rings is 1. The topological polar surface area (TPSA) is 50.8 Å². The number of amides is 1. The summed E-state index contributed by atoms with van der Waals surface area (Å²) in [6.07, 6.45) is -4.30. The number of carbonyl (C=O) groups excluding carboxylic acids is 1. The van der Waals surface area contributed by atoms with Crippen molar-refractivity contribution in [3.63, 3.8) is 0 Å². The minimum Gasteiger partial charge on any atom is -0.443 e. The van der Waals surface area contributed by atoms with E-state index in [2.05, 4.69) is 10.1 Å². The van der Waals surface area contributed by atoms with Gasteiger partial charge in [0.05, 0.1) is 5.69 Å². The lowest BCUT2D eigenvalue weighted by Crippen LogP contribution is -2.48. The van der Waals surface area contributed by atoms with Crippen LogP contribution in [0.25, 0.3) is 0 Å². The summed E-state index contributed by atoms with van der Waals surface area (Å²) in [6, 6.07) is 5.36. The molecule has 2 rings (SSSR count). The molecule has 0 radical (unpaired) electrons. The number of hydrogen-bond donors (Lipinski definition) is 1. The van der Waals surface area contributed by atoms with Crippen molar-refractivity contribution in [1.29, 1.82) is 0 Å². The van der Waals surface area contributed by atoms with Crippen molar-refractivity contribution in [1.82, 2.24) is 5.32 Å². The molecule has 1 aliphatic heterocycles. The number of nitrogens with one attached hydrogen (secondary N) is 1. The Balaban J connectivity index is 2.39. The van der Waals surface area contributed by atoms with Gasteiger partial charge < -0.3 is 14.8 Å². The molecule has 5 nitrogen and oxygen atoms in total. The van der Waals surface area contributed by atoms with E-state index in [-0.39, 0.29) is 11.7 Å². The molecule has 1 aliphatic rings. The average Bonchev–Trinajstić information content (AvgIpc) is 2.47. The fraction of sp³-hybridized carbons (Fsp3) is 0.588. The third-order valence-corrected chi connectivity index (χ3v) is 3.61. The first-order chi connectivity index (χ1) is 11.6. The Morgan fingerprint density at radius 3 is 2.32 bits per heavy atom. The van der Waals surface area contributed by atoms with Crippen LogP contribution >= 0.6 is 0 Å². The molecule has 1 aromatic rings. The minimum atomic E-state index is -4.84. The van der Waals surface area contributed by atoms with Gasteiger partial charge in [0, 0.05) is 6.04 Å². The largest absolute Gasteiger partial charge is 0.573 e. The summed E-state index contributed by atoms with van der Waals surface area (Å²) >= 11 is 0. The van der Waals surface area contributed by atoms with E-state index in [9.17, 15) is 18.0 Å². The summed E-state index contributed by atoms with van der Waals surface area (Å²) < 4.78 is 47.7. The summed E-state index contributed by atoms with van der Waals surface area (Å²) in [5.74, 6) is -0.417. The third-order valence-electron chi connectivity index (χ3n) is 3.61. The predicted molar refractivity (Wildman–Crippen MR) is 87.7 cm³/mol. The normalized spacial score (nSPS) is 16.4. The second-order valence-electron chi connectivity index (χ2n) is 6.85. The first-order valence-electron chi connectivity index (χ1n) is 8.14.